The van der Waals surface area contributed by atoms with Crippen LogP contribution in [0.2, 0.25) is 0 Å². The number of hydrogen-bond donors (Lipinski definition) is 0. The predicted octanol–water partition coefficient (Wildman–Crippen LogP) is 4.22. The number of rotatable bonds is 4. The summed E-state index contributed by atoms with van der Waals surface area (Å²) in [5.74, 6) is 0.532. The van der Waals surface area contributed by atoms with Crippen LogP contribution in [-0.4, -0.2) is 23.7 Å². The molecule has 0 aliphatic carbocycles. The van der Waals surface area contributed by atoms with Gasteiger partial charge in [-0.25, -0.2) is 9.97 Å². The molecule has 0 radical (unpaired) electrons. The lowest BCUT2D eigenvalue weighted by atomic mass is 10.0. The Bertz CT molecular complexity index is 836. The topological polar surface area (TPSA) is 44.2 Å². The Morgan fingerprint density at radius 1 is 1.09 bits per heavy atom. The highest BCUT2D eigenvalue weighted by molar-refractivity contribution is 5.92. The van der Waals surface area contributed by atoms with Crippen molar-refractivity contribution in [3.63, 3.8) is 0 Å². The van der Waals surface area contributed by atoms with Gasteiger partial charge in [0.15, 0.2) is 0 Å². The van der Waals surface area contributed by atoms with E-state index >= 15 is 0 Å². The second kappa shape index (κ2) is 6.16. The van der Waals surface area contributed by atoms with E-state index in [9.17, 15) is 8.78 Å². The van der Waals surface area contributed by atoms with Crippen LogP contribution in [0, 0.1) is 6.92 Å². The molecule has 0 aliphatic heterocycles. The van der Waals surface area contributed by atoms with E-state index in [0.717, 1.165) is 22.4 Å². The number of benzene rings is 2. The molecule has 0 N–H and O–H groups in total. The number of ether oxygens (including phenoxy) is 2. The van der Waals surface area contributed by atoms with E-state index in [1.165, 1.54) is 6.20 Å². The molecule has 0 fully saturated rings. The molecular weight excluding hydrogens is 302 g/mol. The third kappa shape index (κ3) is 3.21. The molecule has 23 heavy (non-hydrogen) atoms. The highest BCUT2D eigenvalue weighted by atomic mass is 19.3. The van der Waals surface area contributed by atoms with Crippen molar-refractivity contribution in [1.29, 1.82) is 0 Å². The fraction of sp³-hybridized carbons (Fsp3) is 0.176. The van der Waals surface area contributed by atoms with E-state index in [0.29, 0.717) is 11.0 Å². The maximum Gasteiger partial charge on any atom is 0.388 e. The van der Waals surface area contributed by atoms with Crippen molar-refractivity contribution in [2.45, 2.75) is 13.5 Å². The van der Waals surface area contributed by atoms with Crippen molar-refractivity contribution in [2.24, 2.45) is 0 Å². The van der Waals surface area contributed by atoms with Gasteiger partial charge in [0.25, 0.3) is 0 Å². The number of methoxy groups -OCH3 is 1. The SMILES string of the molecule is COc1ccc(-c2cc(C)cc3ncc(OC(F)F)nc23)cc1. The van der Waals surface area contributed by atoms with Crippen molar-refractivity contribution < 1.29 is 18.3 Å². The van der Waals surface area contributed by atoms with E-state index in [4.69, 9.17) is 4.74 Å². The Kier molecular flexibility index (Phi) is 4.06. The first-order chi connectivity index (χ1) is 11.1. The first-order valence-electron chi connectivity index (χ1n) is 6.93. The number of halogens is 2. The fourth-order valence-electron chi connectivity index (χ4n) is 2.38. The molecule has 1 aromatic heterocycles. The summed E-state index contributed by atoms with van der Waals surface area (Å²) in [4.78, 5) is 8.35. The number of aromatic nitrogens is 2. The molecule has 4 nitrogen and oxygen atoms in total. The summed E-state index contributed by atoms with van der Waals surface area (Å²) < 4.78 is 34.3. The van der Waals surface area contributed by atoms with E-state index in [1.54, 1.807) is 7.11 Å². The standard InChI is InChI=1S/C17H14F2N2O2/c1-10-7-13(11-3-5-12(22-2)6-4-11)16-14(8-10)20-9-15(21-16)23-17(18)19/h3-9,17H,1-2H3. The Balaban J connectivity index is 2.16. The van der Waals surface area contributed by atoms with Crippen LogP contribution >= 0.6 is 0 Å². The van der Waals surface area contributed by atoms with Crippen molar-refractivity contribution in [3.8, 4) is 22.8 Å². The molecular formula is C17H14F2N2O2. The Hall–Kier alpha value is -2.76. The van der Waals surface area contributed by atoms with Gasteiger partial charge in [-0.2, -0.15) is 8.78 Å². The normalized spacial score (nSPS) is 11.0. The summed E-state index contributed by atoms with van der Waals surface area (Å²) in [6.45, 7) is -0.991. The molecule has 0 saturated heterocycles. The van der Waals surface area contributed by atoms with Gasteiger partial charge in [-0.3, -0.25) is 0 Å². The van der Waals surface area contributed by atoms with Crippen LogP contribution in [-0.2, 0) is 0 Å². The maximum atomic E-state index is 12.4. The van der Waals surface area contributed by atoms with Gasteiger partial charge in [0.1, 0.15) is 11.3 Å². The largest absolute Gasteiger partial charge is 0.497 e. The average Bonchev–Trinajstić information content (AvgIpc) is 2.54. The first kappa shape index (κ1) is 15.1. The summed E-state index contributed by atoms with van der Waals surface area (Å²) in [5.41, 5.74) is 3.83. The highest BCUT2D eigenvalue weighted by Crippen LogP contribution is 2.30. The molecule has 0 unspecified atom stereocenters. The van der Waals surface area contributed by atoms with Crippen molar-refractivity contribution in [1.82, 2.24) is 9.97 Å². The molecule has 3 aromatic rings. The zero-order chi connectivity index (χ0) is 16.4. The van der Waals surface area contributed by atoms with Crippen LogP contribution in [0.4, 0.5) is 8.78 Å². The zero-order valence-corrected chi connectivity index (χ0v) is 12.6. The second-order valence-corrected chi connectivity index (χ2v) is 5.00. The minimum Gasteiger partial charge on any atom is -0.497 e. The Morgan fingerprint density at radius 3 is 2.48 bits per heavy atom. The fourth-order valence-corrected chi connectivity index (χ4v) is 2.38. The van der Waals surface area contributed by atoms with Crippen LogP contribution in [0.25, 0.3) is 22.2 Å². The molecule has 1 heterocycles. The lowest BCUT2D eigenvalue weighted by Gasteiger charge is -2.10. The summed E-state index contributed by atoms with van der Waals surface area (Å²) in [6, 6.07) is 11.2. The zero-order valence-electron chi connectivity index (χ0n) is 12.6. The van der Waals surface area contributed by atoms with Gasteiger partial charge in [0.2, 0.25) is 5.88 Å². The van der Waals surface area contributed by atoms with Crippen LogP contribution in [0.5, 0.6) is 11.6 Å². The minimum absolute atomic E-state index is 0.203. The maximum absolute atomic E-state index is 12.4. The average molecular weight is 316 g/mol. The van der Waals surface area contributed by atoms with E-state index in [-0.39, 0.29) is 5.88 Å². The van der Waals surface area contributed by atoms with Gasteiger partial charge in [-0.15, -0.1) is 0 Å². The summed E-state index contributed by atoms with van der Waals surface area (Å²) in [7, 11) is 1.59. The smallest absolute Gasteiger partial charge is 0.388 e. The van der Waals surface area contributed by atoms with Crippen LogP contribution in [0.15, 0.2) is 42.6 Å². The molecule has 0 bridgehead atoms. The quantitative estimate of drug-likeness (QED) is 0.723. The van der Waals surface area contributed by atoms with Gasteiger partial charge in [0.05, 0.1) is 18.8 Å². The molecule has 0 amide bonds. The van der Waals surface area contributed by atoms with Gasteiger partial charge in [0, 0.05) is 5.56 Å². The highest BCUT2D eigenvalue weighted by Gasteiger charge is 2.12. The van der Waals surface area contributed by atoms with Gasteiger partial charge >= 0.3 is 6.61 Å². The van der Waals surface area contributed by atoms with E-state index < -0.39 is 6.61 Å². The Morgan fingerprint density at radius 2 is 1.83 bits per heavy atom. The summed E-state index contributed by atoms with van der Waals surface area (Å²) in [5, 5.41) is 0. The van der Waals surface area contributed by atoms with Crippen molar-refractivity contribution in [3.05, 3.63) is 48.2 Å². The molecule has 118 valence electrons. The third-order valence-corrected chi connectivity index (χ3v) is 3.38. The molecule has 0 saturated carbocycles. The third-order valence-electron chi connectivity index (χ3n) is 3.38. The lowest BCUT2D eigenvalue weighted by Crippen LogP contribution is -2.04. The number of fused-ring (bicyclic) bond motifs is 1. The van der Waals surface area contributed by atoms with Gasteiger partial charge in [-0.05, 0) is 42.3 Å². The monoisotopic (exact) mass is 316 g/mol. The second-order valence-electron chi connectivity index (χ2n) is 5.00. The molecule has 6 heteroatoms. The molecule has 0 aliphatic rings. The van der Waals surface area contributed by atoms with Crippen molar-refractivity contribution >= 4 is 11.0 Å². The summed E-state index contributed by atoms with van der Waals surface area (Å²) in [6.07, 6.45) is 1.20. The van der Waals surface area contributed by atoms with Gasteiger partial charge in [-0.1, -0.05) is 12.1 Å². The molecule has 0 atom stereocenters. The van der Waals surface area contributed by atoms with Gasteiger partial charge < -0.3 is 9.47 Å². The van der Waals surface area contributed by atoms with Crippen LogP contribution < -0.4 is 9.47 Å². The first-order valence-corrected chi connectivity index (χ1v) is 6.93. The summed E-state index contributed by atoms with van der Waals surface area (Å²) >= 11 is 0. The number of alkyl halides is 2. The van der Waals surface area contributed by atoms with Crippen molar-refractivity contribution in [2.75, 3.05) is 7.11 Å². The van der Waals surface area contributed by atoms with Crippen LogP contribution in [0.1, 0.15) is 5.56 Å². The van der Waals surface area contributed by atoms with E-state index in [1.807, 2.05) is 43.3 Å². The molecule has 3 rings (SSSR count). The molecule has 2 aromatic carbocycles. The van der Waals surface area contributed by atoms with E-state index in [2.05, 4.69) is 14.7 Å². The minimum atomic E-state index is -2.93. The van der Waals surface area contributed by atoms with Crippen LogP contribution in [0.3, 0.4) is 0 Å². The number of nitrogens with zero attached hydrogens (tertiary/aromatic N) is 2. The number of hydrogen-bond acceptors (Lipinski definition) is 4. The predicted molar refractivity (Wildman–Crippen MR) is 82.9 cm³/mol. The Labute approximate surface area is 131 Å². The molecule has 0 spiro atoms. The lowest BCUT2D eigenvalue weighted by molar-refractivity contribution is -0.0528. The number of aryl methyl sites for hydroxylation is 1.